The number of alkyl halides is 3. The van der Waals surface area contributed by atoms with Crippen LogP contribution in [0, 0.1) is 0 Å². The van der Waals surface area contributed by atoms with E-state index in [0.717, 1.165) is 5.39 Å². The average Bonchev–Trinajstić information content (AvgIpc) is 3.03. The Kier molecular flexibility index (Phi) is 5.80. The van der Waals surface area contributed by atoms with Gasteiger partial charge >= 0.3 is 6.18 Å². The monoisotopic (exact) mass is 412 g/mol. The molecule has 0 bridgehead atoms. The molecule has 11 heteroatoms. The van der Waals surface area contributed by atoms with Crippen molar-refractivity contribution in [2.75, 3.05) is 11.9 Å². The number of carbonyl (C=O) groups is 1. The van der Waals surface area contributed by atoms with Crippen LogP contribution in [0.1, 0.15) is 13.3 Å². The van der Waals surface area contributed by atoms with Crippen LogP contribution in [0.3, 0.4) is 0 Å². The van der Waals surface area contributed by atoms with Crippen LogP contribution < -0.4 is 10.6 Å². The number of H-pyrrole nitrogens is 1. The molecule has 0 saturated carbocycles. The predicted molar refractivity (Wildman–Crippen MR) is 98.9 cm³/mol. The van der Waals surface area contributed by atoms with Crippen molar-refractivity contribution in [3.63, 3.8) is 0 Å². The van der Waals surface area contributed by atoms with Crippen molar-refractivity contribution in [1.82, 2.24) is 25.3 Å². The van der Waals surface area contributed by atoms with Crippen LogP contribution in [0.5, 0.6) is 0 Å². The van der Waals surface area contributed by atoms with E-state index in [1.165, 1.54) is 25.5 Å². The highest BCUT2D eigenvalue weighted by atomic mass is 35.5. The number of halogens is 4. The number of rotatable bonds is 6. The summed E-state index contributed by atoms with van der Waals surface area (Å²) in [7, 11) is 0. The van der Waals surface area contributed by atoms with Crippen LogP contribution in [0.4, 0.5) is 19.0 Å². The molecule has 3 N–H and O–H groups in total. The fraction of sp³-hybridized carbons (Fsp3) is 0.294. The smallest absolute Gasteiger partial charge is 0.345 e. The Morgan fingerprint density at radius 2 is 2.11 bits per heavy atom. The Balaban J connectivity index is 1.71. The molecule has 148 valence electrons. The zero-order valence-electron chi connectivity index (χ0n) is 14.6. The summed E-state index contributed by atoms with van der Waals surface area (Å²) in [6.07, 6.45) is 0.788. The molecule has 28 heavy (non-hydrogen) atoms. The van der Waals surface area contributed by atoms with Crippen molar-refractivity contribution < 1.29 is 18.0 Å². The van der Waals surface area contributed by atoms with E-state index in [1.807, 2.05) is 0 Å². The Morgan fingerprint density at radius 1 is 1.32 bits per heavy atom. The molecule has 3 heterocycles. The molecule has 0 aliphatic carbocycles. The van der Waals surface area contributed by atoms with Gasteiger partial charge in [-0.3, -0.25) is 9.78 Å². The van der Waals surface area contributed by atoms with Gasteiger partial charge in [-0.2, -0.15) is 13.2 Å². The molecule has 7 nitrogen and oxygen atoms in total. The molecule has 0 aromatic carbocycles. The minimum atomic E-state index is -4.28. The van der Waals surface area contributed by atoms with Gasteiger partial charge in [-0.1, -0.05) is 11.6 Å². The van der Waals surface area contributed by atoms with Gasteiger partial charge in [0.25, 0.3) is 0 Å². The molecule has 1 amide bonds. The summed E-state index contributed by atoms with van der Waals surface area (Å²) < 4.78 is 36.6. The largest absolute Gasteiger partial charge is 0.390 e. The fourth-order valence-electron chi connectivity index (χ4n) is 2.50. The molecule has 3 aromatic rings. The van der Waals surface area contributed by atoms with Crippen molar-refractivity contribution in [3.8, 4) is 11.3 Å². The second kappa shape index (κ2) is 8.11. The Hall–Kier alpha value is -2.72. The van der Waals surface area contributed by atoms with Crippen LogP contribution in [0.25, 0.3) is 22.3 Å². The maximum Gasteiger partial charge on any atom is 0.390 e. The summed E-state index contributed by atoms with van der Waals surface area (Å²) in [6, 6.07) is 0.902. The number of fused-ring (bicyclic) bond motifs is 1. The van der Waals surface area contributed by atoms with Crippen LogP contribution in [-0.4, -0.2) is 44.6 Å². The number of aromatic amines is 1. The number of nitrogens with zero attached hydrogens (tertiary/aromatic N) is 3. The van der Waals surface area contributed by atoms with Gasteiger partial charge in [0.1, 0.15) is 5.65 Å². The number of hydrogen-bond donors (Lipinski definition) is 3. The third-order valence-electron chi connectivity index (χ3n) is 3.91. The number of aromatic nitrogens is 4. The summed E-state index contributed by atoms with van der Waals surface area (Å²) in [4.78, 5) is 27.7. The molecule has 0 unspecified atom stereocenters. The fourth-order valence-corrected chi connectivity index (χ4v) is 2.66. The molecular formula is C17H16ClF3N6O. The Morgan fingerprint density at radius 3 is 2.86 bits per heavy atom. The Bertz CT molecular complexity index is 990. The van der Waals surface area contributed by atoms with Crippen LogP contribution >= 0.6 is 11.6 Å². The van der Waals surface area contributed by atoms with Crippen molar-refractivity contribution >= 4 is 34.4 Å². The first-order valence-corrected chi connectivity index (χ1v) is 8.67. The molecule has 1 atom stereocenters. The highest BCUT2D eigenvalue weighted by molar-refractivity contribution is 6.31. The molecular weight excluding hydrogens is 397 g/mol. The minimum absolute atomic E-state index is 0.177. The van der Waals surface area contributed by atoms with Crippen molar-refractivity contribution in [2.45, 2.75) is 25.6 Å². The Labute approximate surface area is 162 Å². The SMILES string of the molecule is C[C@H](NCCC(F)(F)F)C(=O)Nc1cncc(-c2c[nH]c3ncc(Cl)cc23)n1. The maximum atomic E-state index is 12.2. The van der Waals surface area contributed by atoms with Gasteiger partial charge in [-0.05, 0) is 13.0 Å². The number of pyridine rings is 1. The molecule has 0 saturated heterocycles. The first-order chi connectivity index (χ1) is 13.2. The van der Waals surface area contributed by atoms with E-state index in [-0.39, 0.29) is 12.4 Å². The molecule has 0 radical (unpaired) electrons. The second-order valence-corrected chi connectivity index (χ2v) is 6.51. The topological polar surface area (TPSA) is 95.6 Å². The third-order valence-corrected chi connectivity index (χ3v) is 4.12. The zero-order chi connectivity index (χ0) is 20.3. The first-order valence-electron chi connectivity index (χ1n) is 8.29. The van der Waals surface area contributed by atoms with Gasteiger partial charge in [0.2, 0.25) is 5.91 Å². The molecule has 0 aliphatic heterocycles. The summed E-state index contributed by atoms with van der Waals surface area (Å²) in [5.41, 5.74) is 1.80. The van der Waals surface area contributed by atoms with Crippen LogP contribution in [0.2, 0.25) is 5.02 Å². The van der Waals surface area contributed by atoms with Gasteiger partial charge in [0, 0.05) is 29.9 Å². The minimum Gasteiger partial charge on any atom is -0.345 e. The number of carbonyl (C=O) groups excluding carboxylic acids is 1. The van der Waals surface area contributed by atoms with E-state index >= 15 is 0 Å². The van der Waals surface area contributed by atoms with Crippen LogP contribution in [0.15, 0.2) is 30.9 Å². The van der Waals surface area contributed by atoms with Gasteiger partial charge < -0.3 is 15.6 Å². The number of anilines is 1. The number of hydrogen-bond acceptors (Lipinski definition) is 5. The predicted octanol–water partition coefficient (Wildman–Crippen LogP) is 3.54. The van der Waals surface area contributed by atoms with Crippen molar-refractivity contribution in [2.24, 2.45) is 0 Å². The molecule has 0 fully saturated rings. The highest BCUT2D eigenvalue weighted by Crippen LogP contribution is 2.28. The quantitative estimate of drug-likeness (QED) is 0.575. The van der Waals surface area contributed by atoms with E-state index < -0.39 is 24.5 Å². The van der Waals surface area contributed by atoms with Crippen LogP contribution in [-0.2, 0) is 4.79 Å². The highest BCUT2D eigenvalue weighted by Gasteiger charge is 2.27. The van der Waals surface area contributed by atoms with Crippen molar-refractivity contribution in [1.29, 1.82) is 0 Å². The van der Waals surface area contributed by atoms with E-state index in [1.54, 1.807) is 12.3 Å². The standard InChI is InChI=1S/C17H16ClF3N6O/c1-9(23-3-2-17(19,20)21)16(28)27-14-8-22-7-13(26-14)12-6-25-15-11(12)4-10(18)5-24-15/h4-9,23H,2-3H2,1H3,(H,24,25)(H,26,27,28)/t9-/m0/s1. The van der Waals surface area contributed by atoms with Gasteiger partial charge in [-0.25, -0.2) is 9.97 Å². The van der Waals surface area contributed by atoms with E-state index in [4.69, 9.17) is 11.6 Å². The van der Waals surface area contributed by atoms with Gasteiger partial charge in [0.15, 0.2) is 5.82 Å². The third kappa shape index (κ3) is 4.96. The summed E-state index contributed by atoms with van der Waals surface area (Å²) in [5.74, 6) is -0.339. The molecule has 0 spiro atoms. The lowest BCUT2D eigenvalue weighted by Gasteiger charge is -2.14. The summed E-state index contributed by atoms with van der Waals surface area (Å²) >= 11 is 5.99. The van der Waals surface area contributed by atoms with E-state index in [2.05, 4.69) is 30.6 Å². The lowest BCUT2D eigenvalue weighted by molar-refractivity contribution is -0.134. The molecule has 0 aliphatic rings. The normalized spacial score (nSPS) is 12.9. The molecule has 3 rings (SSSR count). The average molecular weight is 413 g/mol. The van der Waals surface area contributed by atoms with E-state index in [0.29, 0.717) is 21.9 Å². The lowest BCUT2D eigenvalue weighted by Crippen LogP contribution is -2.39. The zero-order valence-corrected chi connectivity index (χ0v) is 15.4. The van der Waals surface area contributed by atoms with Gasteiger partial charge in [-0.15, -0.1) is 0 Å². The first kappa shape index (κ1) is 20.0. The number of nitrogens with one attached hydrogen (secondary N) is 3. The van der Waals surface area contributed by atoms with Crippen molar-refractivity contribution in [3.05, 3.63) is 35.9 Å². The van der Waals surface area contributed by atoms with E-state index in [9.17, 15) is 18.0 Å². The summed E-state index contributed by atoms with van der Waals surface area (Å²) in [5, 5.41) is 6.27. The molecule has 3 aromatic heterocycles. The maximum absolute atomic E-state index is 12.2. The van der Waals surface area contributed by atoms with Gasteiger partial charge in [0.05, 0.1) is 35.6 Å². The number of amides is 1. The summed E-state index contributed by atoms with van der Waals surface area (Å²) in [6.45, 7) is 1.11. The second-order valence-electron chi connectivity index (χ2n) is 6.07. The lowest BCUT2D eigenvalue weighted by atomic mass is 10.2.